The fourth-order valence-electron chi connectivity index (χ4n) is 4.98. The maximum atomic E-state index is 13.3. The third kappa shape index (κ3) is 5.55. The molecule has 32 heavy (non-hydrogen) atoms. The Morgan fingerprint density at radius 3 is 2.47 bits per heavy atom. The van der Waals surface area contributed by atoms with Crippen molar-refractivity contribution in [3.05, 3.63) is 18.2 Å². The predicted octanol–water partition coefficient (Wildman–Crippen LogP) is 3.56. The fraction of sp³-hybridized carbons (Fsp3) is 0.696. The van der Waals surface area contributed by atoms with Gasteiger partial charge in [0.15, 0.2) is 5.11 Å². The van der Waals surface area contributed by atoms with Gasteiger partial charge in [0.25, 0.3) is 0 Å². The largest absolute Gasteiger partial charge is 0.379 e. The summed E-state index contributed by atoms with van der Waals surface area (Å²) in [5.41, 5.74) is 1.79. The van der Waals surface area contributed by atoms with Crippen LogP contribution in [0, 0.1) is 5.92 Å². The third-order valence-corrected chi connectivity index (χ3v) is 9.06. The van der Waals surface area contributed by atoms with E-state index in [1.54, 1.807) is 12.1 Å². The summed E-state index contributed by atoms with van der Waals surface area (Å²) in [4.78, 5) is 2.64. The van der Waals surface area contributed by atoms with Crippen LogP contribution in [0.15, 0.2) is 23.1 Å². The molecule has 2 saturated heterocycles. The number of hydrogen-bond donors (Lipinski definition) is 2. The normalized spacial score (nSPS) is 25.3. The molecular weight excluding hydrogens is 444 g/mol. The molecule has 2 aliphatic heterocycles. The highest BCUT2D eigenvalue weighted by atomic mass is 32.2. The van der Waals surface area contributed by atoms with Gasteiger partial charge in [-0.3, -0.25) is 0 Å². The highest BCUT2D eigenvalue weighted by molar-refractivity contribution is 7.89. The van der Waals surface area contributed by atoms with Crippen LogP contribution in [0.5, 0.6) is 0 Å². The average Bonchev–Trinajstić information content (AvgIpc) is 2.81. The molecule has 0 amide bonds. The first-order valence-corrected chi connectivity index (χ1v) is 13.8. The molecule has 2 atom stereocenters. The lowest BCUT2D eigenvalue weighted by molar-refractivity contribution is 0.0730. The fourth-order valence-corrected chi connectivity index (χ4v) is 6.68. The van der Waals surface area contributed by atoms with Crippen LogP contribution in [0.25, 0.3) is 0 Å². The number of benzene rings is 1. The molecule has 3 fully saturated rings. The molecular formula is C23H36N4O3S2. The summed E-state index contributed by atoms with van der Waals surface area (Å²) in [6.07, 6.45) is 8.37. The van der Waals surface area contributed by atoms with Crippen LogP contribution in [-0.2, 0) is 14.8 Å². The number of nitrogens with zero attached hydrogens (tertiary/aromatic N) is 2. The second-order valence-electron chi connectivity index (χ2n) is 9.21. The lowest BCUT2D eigenvalue weighted by Crippen LogP contribution is -2.43. The van der Waals surface area contributed by atoms with Crippen LogP contribution in [0.3, 0.4) is 0 Å². The molecule has 2 N–H and O–H groups in total. The van der Waals surface area contributed by atoms with Gasteiger partial charge in [-0.05, 0) is 68.4 Å². The van der Waals surface area contributed by atoms with Crippen molar-refractivity contribution >= 4 is 38.7 Å². The maximum Gasteiger partial charge on any atom is 0.243 e. The van der Waals surface area contributed by atoms with Crippen molar-refractivity contribution in [1.29, 1.82) is 0 Å². The number of anilines is 2. The lowest BCUT2D eigenvalue weighted by Gasteiger charge is -2.33. The second-order valence-corrected chi connectivity index (χ2v) is 11.6. The standard InChI is InChI=1S/C23H36N4O3S2/c1-18-7-3-4-8-20(18)24-23(31)25-21-17-19(32(28,29)27-13-15-30-16-14-27)9-10-22(21)26-11-5-2-6-12-26/h9-10,17-18,20H,2-8,11-16H2,1H3,(H2,24,25,31). The molecule has 1 aliphatic carbocycles. The average molecular weight is 481 g/mol. The zero-order chi connectivity index (χ0) is 22.6. The Hall–Kier alpha value is -1.42. The van der Waals surface area contributed by atoms with Gasteiger partial charge in [0.05, 0.1) is 29.5 Å². The Labute approximate surface area is 197 Å². The summed E-state index contributed by atoms with van der Waals surface area (Å²) >= 11 is 5.68. The monoisotopic (exact) mass is 480 g/mol. The first-order chi connectivity index (χ1) is 15.4. The van der Waals surface area contributed by atoms with E-state index in [0.29, 0.717) is 48.3 Å². The summed E-state index contributed by atoms with van der Waals surface area (Å²) in [5.74, 6) is 0.582. The zero-order valence-electron chi connectivity index (χ0n) is 19.0. The topological polar surface area (TPSA) is 73.9 Å². The molecule has 1 aromatic carbocycles. The van der Waals surface area contributed by atoms with E-state index in [1.807, 2.05) is 6.07 Å². The first-order valence-electron chi connectivity index (χ1n) is 12.0. The molecule has 7 nitrogen and oxygen atoms in total. The van der Waals surface area contributed by atoms with Crippen molar-refractivity contribution in [1.82, 2.24) is 9.62 Å². The van der Waals surface area contributed by atoms with E-state index in [9.17, 15) is 8.42 Å². The minimum atomic E-state index is -3.57. The van der Waals surface area contributed by atoms with Gasteiger partial charge in [-0.15, -0.1) is 0 Å². The minimum absolute atomic E-state index is 0.302. The Bertz CT molecular complexity index is 897. The number of sulfonamides is 1. The summed E-state index contributed by atoms with van der Waals surface area (Å²) in [6.45, 7) is 5.87. The van der Waals surface area contributed by atoms with E-state index in [4.69, 9.17) is 17.0 Å². The van der Waals surface area contributed by atoms with Gasteiger partial charge in [0.2, 0.25) is 10.0 Å². The number of rotatable bonds is 5. The van der Waals surface area contributed by atoms with Crippen molar-refractivity contribution in [2.75, 3.05) is 49.6 Å². The smallest absolute Gasteiger partial charge is 0.243 e. The van der Waals surface area contributed by atoms with Gasteiger partial charge in [0.1, 0.15) is 0 Å². The number of ether oxygens (including phenoxy) is 1. The van der Waals surface area contributed by atoms with Crippen LogP contribution in [0.4, 0.5) is 11.4 Å². The van der Waals surface area contributed by atoms with Gasteiger partial charge < -0.3 is 20.3 Å². The van der Waals surface area contributed by atoms with E-state index in [-0.39, 0.29) is 0 Å². The van der Waals surface area contributed by atoms with Crippen molar-refractivity contribution in [3.8, 4) is 0 Å². The molecule has 1 aromatic rings. The number of morpholine rings is 1. The van der Waals surface area contributed by atoms with Crippen LogP contribution in [0.2, 0.25) is 0 Å². The molecule has 1 saturated carbocycles. The van der Waals surface area contributed by atoms with Crippen molar-refractivity contribution in [2.45, 2.75) is 62.8 Å². The minimum Gasteiger partial charge on any atom is -0.379 e. The van der Waals surface area contributed by atoms with E-state index in [2.05, 4.69) is 22.5 Å². The highest BCUT2D eigenvalue weighted by Crippen LogP contribution is 2.32. The number of nitrogens with one attached hydrogen (secondary N) is 2. The summed E-state index contributed by atoms with van der Waals surface area (Å²) < 4.78 is 33.4. The van der Waals surface area contributed by atoms with Crippen LogP contribution >= 0.6 is 12.2 Å². The number of piperidine rings is 1. The number of hydrogen-bond acceptors (Lipinski definition) is 5. The quantitative estimate of drug-likeness (QED) is 0.624. The maximum absolute atomic E-state index is 13.3. The Morgan fingerprint density at radius 1 is 1.03 bits per heavy atom. The summed E-state index contributed by atoms with van der Waals surface area (Å²) in [5, 5.41) is 7.43. The Kier molecular flexibility index (Phi) is 7.91. The molecule has 3 aliphatic rings. The van der Waals surface area contributed by atoms with Crippen molar-refractivity contribution in [3.63, 3.8) is 0 Å². The first kappa shape index (κ1) is 23.7. The molecule has 2 unspecified atom stereocenters. The van der Waals surface area contributed by atoms with Crippen LogP contribution in [-0.4, -0.2) is 63.3 Å². The highest BCUT2D eigenvalue weighted by Gasteiger charge is 2.28. The second kappa shape index (κ2) is 10.7. The van der Waals surface area contributed by atoms with Gasteiger partial charge in [-0.1, -0.05) is 19.8 Å². The van der Waals surface area contributed by atoms with Gasteiger partial charge in [0, 0.05) is 32.2 Å². The van der Waals surface area contributed by atoms with E-state index in [0.717, 1.165) is 43.7 Å². The number of thiocarbonyl (C=S) groups is 1. The molecule has 9 heteroatoms. The Balaban J connectivity index is 1.58. The van der Waals surface area contributed by atoms with E-state index in [1.165, 1.54) is 30.0 Å². The molecule has 178 valence electrons. The predicted molar refractivity (Wildman–Crippen MR) is 133 cm³/mol. The van der Waals surface area contributed by atoms with Gasteiger partial charge in [-0.25, -0.2) is 8.42 Å². The molecule has 0 bridgehead atoms. The summed E-state index contributed by atoms with van der Waals surface area (Å²) in [7, 11) is -3.57. The SMILES string of the molecule is CC1CCCCC1NC(=S)Nc1cc(S(=O)(=O)N2CCOCC2)ccc1N1CCCCC1. The van der Waals surface area contributed by atoms with Gasteiger partial charge >= 0.3 is 0 Å². The van der Waals surface area contributed by atoms with Crippen LogP contribution in [0.1, 0.15) is 51.9 Å². The van der Waals surface area contributed by atoms with Gasteiger partial charge in [-0.2, -0.15) is 4.31 Å². The zero-order valence-corrected chi connectivity index (χ0v) is 20.6. The molecule has 2 heterocycles. The lowest BCUT2D eigenvalue weighted by atomic mass is 9.86. The van der Waals surface area contributed by atoms with Crippen molar-refractivity contribution < 1.29 is 13.2 Å². The van der Waals surface area contributed by atoms with E-state index < -0.39 is 10.0 Å². The molecule has 4 rings (SSSR count). The van der Waals surface area contributed by atoms with Crippen molar-refractivity contribution in [2.24, 2.45) is 5.92 Å². The van der Waals surface area contributed by atoms with E-state index >= 15 is 0 Å². The summed E-state index contributed by atoms with van der Waals surface area (Å²) in [6, 6.07) is 5.79. The molecule has 0 radical (unpaired) electrons. The molecule has 0 aromatic heterocycles. The third-order valence-electron chi connectivity index (χ3n) is 6.95. The van der Waals surface area contributed by atoms with Crippen LogP contribution < -0.4 is 15.5 Å². The molecule has 0 spiro atoms. The Morgan fingerprint density at radius 2 is 1.75 bits per heavy atom.